The summed E-state index contributed by atoms with van der Waals surface area (Å²) < 4.78 is 25.1. The molecule has 10 bridgehead atoms. The van der Waals surface area contributed by atoms with Gasteiger partial charge in [-0.2, -0.15) is 0 Å². The summed E-state index contributed by atoms with van der Waals surface area (Å²) in [6.45, 7) is 4.07. The SMILES string of the molecule is CN=C(N)Nc1cccc(CCCCC2C=C3C=CC(c4cccc(CCOCCCNC)c4)C4C#COC(CC(=O)CCc5ccc(OC)c(c5)OCc5c(C(O)O)cc6c4c(O)cc4c6c5C=CC4C)CC2C=C3O)c1. The summed E-state index contributed by atoms with van der Waals surface area (Å²) in [4.78, 5) is 18.3. The van der Waals surface area contributed by atoms with Gasteiger partial charge in [0.2, 0.25) is 0 Å². The number of ether oxygens (including phenoxy) is 4. The van der Waals surface area contributed by atoms with Gasteiger partial charge in [-0.25, -0.2) is 0 Å². The zero-order chi connectivity index (χ0) is 54.7. The van der Waals surface area contributed by atoms with Crippen LogP contribution >= 0.6 is 0 Å². The van der Waals surface area contributed by atoms with Crippen LogP contribution in [0, 0.1) is 23.9 Å². The number of nitrogens with one attached hydrogen (secondary N) is 2. The van der Waals surface area contributed by atoms with Crippen molar-refractivity contribution >= 4 is 34.3 Å². The summed E-state index contributed by atoms with van der Waals surface area (Å²) >= 11 is 0. The number of phenolic OH excluding ortho intramolecular Hbond substituents is 1. The van der Waals surface area contributed by atoms with Crippen molar-refractivity contribution in [1.82, 2.24) is 5.32 Å². The van der Waals surface area contributed by atoms with Crippen molar-refractivity contribution < 1.29 is 44.2 Å². The van der Waals surface area contributed by atoms with Crippen LogP contribution in [0.1, 0.15) is 126 Å². The van der Waals surface area contributed by atoms with Gasteiger partial charge in [-0.3, -0.25) is 9.79 Å². The average Bonchev–Trinajstić information content (AvgIpc) is 3.64. The molecule has 0 spiro atoms. The van der Waals surface area contributed by atoms with E-state index in [0.717, 1.165) is 77.5 Å². The molecule has 13 heteroatoms. The third-order valence-electron chi connectivity index (χ3n) is 15.7. The van der Waals surface area contributed by atoms with Gasteiger partial charge in [-0.1, -0.05) is 92.1 Å². The lowest BCUT2D eigenvalue weighted by molar-refractivity contribution is -0.121. The predicted octanol–water partition coefficient (Wildman–Crippen LogP) is 10.9. The minimum atomic E-state index is -1.91. The lowest BCUT2D eigenvalue weighted by atomic mass is 9.74. The molecule has 13 nitrogen and oxygen atoms in total. The van der Waals surface area contributed by atoms with E-state index >= 15 is 0 Å². The average molecular weight is 1060 g/mol. The van der Waals surface area contributed by atoms with Crippen molar-refractivity contribution in [3.63, 3.8) is 0 Å². The van der Waals surface area contributed by atoms with Crippen LogP contribution in [-0.2, 0) is 40.1 Å². The fourth-order valence-electron chi connectivity index (χ4n) is 11.6. The van der Waals surface area contributed by atoms with Crippen molar-refractivity contribution in [1.29, 1.82) is 0 Å². The summed E-state index contributed by atoms with van der Waals surface area (Å²) in [5, 5.41) is 55.1. The van der Waals surface area contributed by atoms with Crippen molar-refractivity contribution in [2.24, 2.45) is 22.6 Å². The lowest BCUT2D eigenvalue weighted by Gasteiger charge is -2.30. The number of rotatable bonds is 16. The Balaban J connectivity index is 1.19. The number of ketones is 1. The number of guanidine groups is 1. The van der Waals surface area contributed by atoms with Gasteiger partial charge < -0.3 is 55.7 Å². The van der Waals surface area contributed by atoms with Crippen LogP contribution in [0.15, 0.2) is 126 Å². The first-order valence-corrected chi connectivity index (χ1v) is 27.5. The normalized spacial score (nSPS) is 21.1. The molecule has 0 amide bonds. The van der Waals surface area contributed by atoms with Crippen molar-refractivity contribution in [3.05, 3.63) is 171 Å². The van der Waals surface area contributed by atoms with Crippen LogP contribution in [-0.4, -0.2) is 79.2 Å². The number of aliphatic imine (C=N–C) groups is 1. The van der Waals surface area contributed by atoms with Crippen LogP contribution < -0.4 is 25.8 Å². The fourth-order valence-corrected chi connectivity index (χ4v) is 11.6. The number of aliphatic hydroxyl groups excluding tert-OH is 2. The maximum atomic E-state index is 14.3. The fraction of sp³-hybridized carbons (Fsp3) is 0.385. The van der Waals surface area contributed by atoms with E-state index in [2.05, 4.69) is 77.1 Å². The van der Waals surface area contributed by atoms with Gasteiger partial charge in [0.25, 0.3) is 0 Å². The van der Waals surface area contributed by atoms with Gasteiger partial charge in [-0.05, 0) is 157 Å². The zero-order valence-corrected chi connectivity index (χ0v) is 45.3. The molecule has 2 aliphatic carbocycles. The summed E-state index contributed by atoms with van der Waals surface area (Å²) in [7, 11) is 5.15. The van der Waals surface area contributed by atoms with E-state index in [1.807, 2.05) is 73.8 Å². The minimum absolute atomic E-state index is 0.000253. The van der Waals surface area contributed by atoms with Crippen molar-refractivity contribution in [3.8, 4) is 29.3 Å². The van der Waals surface area contributed by atoms with Crippen molar-refractivity contribution in [2.45, 2.75) is 108 Å². The number of carbonyl (C=O) groups is 1. The second kappa shape index (κ2) is 25.9. The topological polar surface area (TPSA) is 197 Å². The van der Waals surface area contributed by atoms with Crippen LogP contribution in [0.2, 0.25) is 0 Å². The summed E-state index contributed by atoms with van der Waals surface area (Å²) in [5.74, 6) is 3.29. The summed E-state index contributed by atoms with van der Waals surface area (Å²) in [6, 6.07) is 25.7. The number of Topliss-reactive ketones (excluding diaryl/α,β-unsaturated/α-hetero) is 1. The number of fused-ring (bicyclic) bond motifs is 7. The Bertz CT molecular complexity index is 3200. The van der Waals surface area contributed by atoms with Crippen molar-refractivity contribution in [2.75, 3.05) is 46.3 Å². The maximum Gasteiger partial charge on any atom is 0.192 e. The van der Waals surface area contributed by atoms with Gasteiger partial charge in [0.05, 0.1) is 19.6 Å². The molecule has 4 aliphatic heterocycles. The number of allylic oxidation sites excluding steroid dienone is 5. The Morgan fingerprint density at radius 1 is 0.936 bits per heavy atom. The Hall–Kier alpha value is -7.34. The zero-order valence-electron chi connectivity index (χ0n) is 45.3. The first-order chi connectivity index (χ1) is 37.9. The Kier molecular flexibility index (Phi) is 18.4. The van der Waals surface area contributed by atoms with E-state index in [0.29, 0.717) is 72.0 Å². The largest absolute Gasteiger partial charge is 0.508 e. The number of hydrogen-bond acceptors (Lipinski definition) is 11. The highest BCUT2D eigenvalue weighted by Crippen LogP contribution is 2.49. The van der Waals surface area contributed by atoms with Crippen LogP contribution in [0.25, 0.3) is 16.8 Å². The molecule has 11 rings (SSSR count). The Labute approximate surface area is 458 Å². The molecule has 0 aromatic heterocycles. The molecule has 78 heavy (non-hydrogen) atoms. The van der Waals surface area contributed by atoms with Crippen LogP contribution in [0.5, 0.6) is 17.2 Å². The van der Waals surface area contributed by atoms with Crippen LogP contribution in [0.4, 0.5) is 5.69 Å². The minimum Gasteiger partial charge on any atom is -0.508 e. The molecular formula is C65H74N4O9. The van der Waals surface area contributed by atoms with E-state index in [4.69, 9.17) is 24.7 Å². The van der Waals surface area contributed by atoms with Gasteiger partial charge in [0.15, 0.2) is 23.7 Å². The van der Waals surface area contributed by atoms with Gasteiger partial charge in [-0.15, -0.1) is 0 Å². The number of anilines is 1. The van der Waals surface area contributed by atoms with E-state index in [1.54, 1.807) is 20.2 Å². The third-order valence-corrected chi connectivity index (χ3v) is 15.7. The molecule has 0 radical (unpaired) electrons. The van der Waals surface area contributed by atoms with Gasteiger partial charge >= 0.3 is 0 Å². The Morgan fingerprint density at radius 3 is 2.58 bits per heavy atom. The second-order valence-electron chi connectivity index (χ2n) is 21.0. The number of aryl methyl sites for hydroxylation is 2. The van der Waals surface area contributed by atoms with E-state index in [1.165, 1.54) is 5.56 Å². The number of phenols is 1. The Morgan fingerprint density at radius 2 is 1.77 bits per heavy atom. The predicted molar refractivity (Wildman–Crippen MR) is 308 cm³/mol. The number of nitrogens with two attached hydrogens (primary N) is 1. The molecule has 0 saturated carbocycles. The van der Waals surface area contributed by atoms with E-state index in [9.17, 15) is 25.2 Å². The molecule has 0 saturated heterocycles. The number of nitrogens with zero attached hydrogens (tertiary/aromatic N) is 1. The van der Waals surface area contributed by atoms with Gasteiger partial charge in [0.1, 0.15) is 36.1 Å². The molecule has 6 aliphatic rings. The van der Waals surface area contributed by atoms with Gasteiger partial charge in [0, 0.05) is 66.3 Å². The third kappa shape index (κ3) is 13.1. The highest BCUT2D eigenvalue weighted by Gasteiger charge is 2.34. The molecular weight excluding hydrogens is 981 g/mol. The number of benzene rings is 5. The summed E-state index contributed by atoms with van der Waals surface area (Å²) in [5.41, 5.74) is 14.4. The quantitative estimate of drug-likeness (QED) is 0.0163. The van der Waals surface area contributed by atoms with E-state index < -0.39 is 24.2 Å². The van der Waals surface area contributed by atoms with E-state index in [-0.39, 0.29) is 60.1 Å². The number of unbranched alkanes of at least 4 members (excludes halogenated alkanes) is 1. The molecule has 6 unspecified atom stereocenters. The summed E-state index contributed by atoms with van der Waals surface area (Å²) in [6.07, 6.45) is 19.0. The monoisotopic (exact) mass is 1050 g/mol. The maximum absolute atomic E-state index is 14.3. The number of aliphatic hydroxyl groups is 3. The number of methoxy groups -OCH3 is 1. The highest BCUT2D eigenvalue weighted by molar-refractivity contribution is 6.01. The molecule has 5 aromatic carbocycles. The smallest absolute Gasteiger partial charge is 0.192 e. The molecule has 4 heterocycles. The number of carbonyl (C=O) groups excluding carboxylic acids is 1. The first kappa shape index (κ1) is 55.4. The number of hydrogen-bond donors (Lipinski definition) is 7. The number of aromatic hydroxyl groups is 1. The molecule has 408 valence electrons. The highest BCUT2D eigenvalue weighted by atomic mass is 16.5. The lowest BCUT2D eigenvalue weighted by Crippen LogP contribution is -2.25. The standard InChI is InChI=1S/C65H74N4O9/c1-40-16-21-52-57-39-78-61-32-43(18-23-60(61)75-4)17-20-49(70)36-50-34-47-35-58(71)46(33-44(47)13-6-5-10-41-12-8-15-48(31-41)69-65(66)68-3)19-22-51(45-14-7-11-42(30-45)24-28-76-27-9-26-67-2)53(25-29-77-50)63-56(37-55(57)64(73)74)62(52)54(40)38-59(63)72/h7-8,11-12,14-16,18-19,21-23,30-33,35,37-38,40,44,47,50-51,53,64,67,71-74H,5-6,9-10,13,17,20,24,26-28,34,36,39H2,1-4H3,(H3,66,68,69). The second-order valence-corrected chi connectivity index (χ2v) is 21.0. The molecule has 6 atom stereocenters. The molecule has 5 aromatic rings. The first-order valence-electron chi connectivity index (χ1n) is 27.5. The molecule has 8 N–H and O–H groups in total. The van der Waals surface area contributed by atoms with Crippen LogP contribution in [0.3, 0.4) is 0 Å². The molecule has 0 fully saturated rings.